The van der Waals surface area contributed by atoms with E-state index in [0.717, 1.165) is 11.5 Å². The highest BCUT2D eigenvalue weighted by Gasteiger charge is 2.11. The Morgan fingerprint density at radius 2 is 2.06 bits per heavy atom. The van der Waals surface area contributed by atoms with E-state index in [2.05, 4.69) is 45.1 Å². The van der Waals surface area contributed by atoms with Crippen molar-refractivity contribution in [2.45, 2.75) is 19.8 Å². The summed E-state index contributed by atoms with van der Waals surface area (Å²) < 4.78 is 6.15. The van der Waals surface area contributed by atoms with Gasteiger partial charge in [-0.05, 0) is 34.0 Å². The van der Waals surface area contributed by atoms with Crippen molar-refractivity contribution in [3.8, 4) is 11.6 Å². The van der Waals surface area contributed by atoms with Crippen molar-refractivity contribution < 1.29 is 4.42 Å². The van der Waals surface area contributed by atoms with Gasteiger partial charge in [0, 0.05) is 18.8 Å². The van der Waals surface area contributed by atoms with Crippen LogP contribution in [-0.4, -0.2) is 17.0 Å². The lowest BCUT2D eigenvalue weighted by molar-refractivity contribution is 0.550. The second-order valence-corrected chi connectivity index (χ2v) is 4.79. The Labute approximate surface area is 109 Å². The maximum atomic E-state index is 5.47. The van der Waals surface area contributed by atoms with Crippen molar-refractivity contribution in [3.63, 3.8) is 0 Å². The number of halogens is 1. The average molecular weight is 296 g/mol. The Hall–Kier alpha value is -1.36. The zero-order chi connectivity index (χ0) is 12.4. The highest BCUT2D eigenvalue weighted by atomic mass is 79.9. The van der Waals surface area contributed by atoms with Crippen LogP contribution in [0.4, 0.5) is 5.82 Å². The summed E-state index contributed by atoms with van der Waals surface area (Å²) in [6, 6.07) is 5.63. The molecule has 5 heteroatoms. The molecule has 2 rings (SSSR count). The Kier molecular flexibility index (Phi) is 3.47. The van der Waals surface area contributed by atoms with Crippen LogP contribution in [0.15, 0.2) is 27.3 Å². The third-order valence-electron chi connectivity index (χ3n) is 2.39. The first-order chi connectivity index (χ1) is 8.10. The summed E-state index contributed by atoms with van der Waals surface area (Å²) in [6.45, 7) is 4.20. The van der Waals surface area contributed by atoms with Crippen LogP contribution in [0.2, 0.25) is 0 Å². The number of rotatable bonds is 3. The van der Waals surface area contributed by atoms with Crippen molar-refractivity contribution in [2.24, 2.45) is 0 Å². The summed E-state index contributed by atoms with van der Waals surface area (Å²) >= 11 is 3.27. The molecule has 2 aromatic rings. The Morgan fingerprint density at radius 3 is 2.59 bits per heavy atom. The maximum Gasteiger partial charge on any atom is 0.197 e. The fourth-order valence-corrected chi connectivity index (χ4v) is 1.74. The minimum atomic E-state index is 0.349. The van der Waals surface area contributed by atoms with Crippen LogP contribution >= 0.6 is 15.9 Å². The van der Waals surface area contributed by atoms with E-state index in [9.17, 15) is 0 Å². The van der Waals surface area contributed by atoms with Gasteiger partial charge < -0.3 is 9.73 Å². The quantitative estimate of drug-likeness (QED) is 0.939. The van der Waals surface area contributed by atoms with E-state index in [1.807, 2.05) is 25.2 Å². The fourth-order valence-electron chi connectivity index (χ4n) is 1.43. The molecule has 2 aromatic heterocycles. The lowest BCUT2D eigenvalue weighted by Crippen LogP contribution is -2.01. The molecule has 90 valence electrons. The summed E-state index contributed by atoms with van der Waals surface area (Å²) in [5.74, 6) is 2.41. The van der Waals surface area contributed by atoms with E-state index in [1.165, 1.54) is 0 Å². The summed E-state index contributed by atoms with van der Waals surface area (Å²) in [6.07, 6.45) is 0. The van der Waals surface area contributed by atoms with Crippen LogP contribution in [0.1, 0.15) is 25.5 Å². The number of furan rings is 1. The van der Waals surface area contributed by atoms with Crippen LogP contribution in [0.5, 0.6) is 0 Å². The second-order valence-electron chi connectivity index (χ2n) is 4.01. The smallest absolute Gasteiger partial charge is 0.197 e. The van der Waals surface area contributed by atoms with Crippen LogP contribution in [0.25, 0.3) is 11.6 Å². The maximum absolute atomic E-state index is 5.47. The molecule has 4 nitrogen and oxygen atoms in total. The van der Waals surface area contributed by atoms with E-state index in [4.69, 9.17) is 4.42 Å². The van der Waals surface area contributed by atoms with E-state index >= 15 is 0 Å². The number of nitrogens with one attached hydrogen (secondary N) is 1. The summed E-state index contributed by atoms with van der Waals surface area (Å²) in [7, 11) is 1.84. The molecule has 0 saturated carbocycles. The largest absolute Gasteiger partial charge is 0.446 e. The summed E-state index contributed by atoms with van der Waals surface area (Å²) in [4.78, 5) is 8.88. The number of hydrogen-bond acceptors (Lipinski definition) is 4. The summed E-state index contributed by atoms with van der Waals surface area (Å²) in [5.41, 5.74) is 0.992. The summed E-state index contributed by atoms with van der Waals surface area (Å²) in [5, 5.41) is 3.03. The molecular weight excluding hydrogens is 282 g/mol. The third kappa shape index (κ3) is 2.66. The number of nitrogens with zero attached hydrogens (tertiary/aromatic N) is 2. The van der Waals surface area contributed by atoms with E-state index in [1.54, 1.807) is 0 Å². The SMILES string of the molecule is CNc1cc(C(C)C)nc(-c2ccc(Br)o2)n1. The minimum absolute atomic E-state index is 0.349. The number of aromatic nitrogens is 2. The topological polar surface area (TPSA) is 51.0 Å². The molecule has 0 aliphatic heterocycles. The third-order valence-corrected chi connectivity index (χ3v) is 2.81. The van der Waals surface area contributed by atoms with Crippen LogP contribution in [-0.2, 0) is 0 Å². The first kappa shape index (κ1) is 12.1. The lowest BCUT2D eigenvalue weighted by atomic mass is 10.1. The van der Waals surface area contributed by atoms with Crippen LogP contribution < -0.4 is 5.32 Å². The van der Waals surface area contributed by atoms with Gasteiger partial charge in [0.15, 0.2) is 16.3 Å². The van der Waals surface area contributed by atoms with Gasteiger partial charge in [-0.3, -0.25) is 0 Å². The molecule has 0 spiro atoms. The molecule has 0 amide bonds. The van der Waals surface area contributed by atoms with Gasteiger partial charge in [-0.2, -0.15) is 0 Å². The van der Waals surface area contributed by atoms with E-state index in [-0.39, 0.29) is 0 Å². The Balaban J connectivity index is 2.49. The van der Waals surface area contributed by atoms with E-state index < -0.39 is 0 Å². The molecule has 1 N–H and O–H groups in total. The van der Waals surface area contributed by atoms with Crippen LogP contribution in [0.3, 0.4) is 0 Å². The monoisotopic (exact) mass is 295 g/mol. The van der Waals surface area contributed by atoms with Gasteiger partial charge in [0.2, 0.25) is 0 Å². The van der Waals surface area contributed by atoms with Crippen molar-refractivity contribution in [2.75, 3.05) is 12.4 Å². The zero-order valence-electron chi connectivity index (χ0n) is 9.99. The van der Waals surface area contributed by atoms with Gasteiger partial charge >= 0.3 is 0 Å². The minimum Gasteiger partial charge on any atom is -0.446 e. The van der Waals surface area contributed by atoms with Crippen LogP contribution in [0, 0.1) is 0 Å². The molecule has 2 heterocycles. The van der Waals surface area contributed by atoms with Gasteiger partial charge in [-0.15, -0.1) is 0 Å². The number of hydrogen-bond donors (Lipinski definition) is 1. The van der Waals surface area contributed by atoms with Gasteiger partial charge in [0.25, 0.3) is 0 Å². The lowest BCUT2D eigenvalue weighted by Gasteiger charge is -2.08. The molecule has 0 saturated heterocycles. The normalized spacial score (nSPS) is 10.9. The first-order valence-corrected chi connectivity index (χ1v) is 6.22. The standard InChI is InChI=1S/C12H14BrN3O/c1-7(2)8-6-11(14-3)16-12(15-8)9-4-5-10(13)17-9/h4-7H,1-3H3,(H,14,15,16). The Bertz CT molecular complexity index is 522. The molecular formula is C12H14BrN3O. The second kappa shape index (κ2) is 4.87. The van der Waals surface area contributed by atoms with Gasteiger partial charge in [-0.25, -0.2) is 9.97 Å². The zero-order valence-corrected chi connectivity index (χ0v) is 11.6. The molecule has 0 radical (unpaired) electrons. The highest BCUT2D eigenvalue weighted by Crippen LogP contribution is 2.25. The molecule has 0 unspecified atom stereocenters. The molecule has 17 heavy (non-hydrogen) atoms. The van der Waals surface area contributed by atoms with Gasteiger partial charge in [0.05, 0.1) is 0 Å². The molecule has 0 aromatic carbocycles. The van der Waals surface area contributed by atoms with E-state index in [0.29, 0.717) is 22.2 Å². The predicted molar refractivity (Wildman–Crippen MR) is 71.1 cm³/mol. The van der Waals surface area contributed by atoms with Gasteiger partial charge in [-0.1, -0.05) is 13.8 Å². The fraction of sp³-hybridized carbons (Fsp3) is 0.333. The van der Waals surface area contributed by atoms with Crippen molar-refractivity contribution in [1.82, 2.24) is 9.97 Å². The Morgan fingerprint density at radius 1 is 1.29 bits per heavy atom. The predicted octanol–water partition coefficient (Wildman–Crippen LogP) is 3.66. The first-order valence-electron chi connectivity index (χ1n) is 5.42. The molecule has 0 aliphatic rings. The number of anilines is 1. The molecule has 0 bridgehead atoms. The van der Waals surface area contributed by atoms with Crippen molar-refractivity contribution >= 4 is 21.7 Å². The molecule has 0 aliphatic carbocycles. The highest BCUT2D eigenvalue weighted by molar-refractivity contribution is 9.10. The molecule has 0 fully saturated rings. The van der Waals surface area contributed by atoms with Crippen molar-refractivity contribution in [1.29, 1.82) is 0 Å². The molecule has 0 atom stereocenters. The van der Waals surface area contributed by atoms with Gasteiger partial charge in [0.1, 0.15) is 5.82 Å². The average Bonchev–Trinajstić information content (AvgIpc) is 2.75. The van der Waals surface area contributed by atoms with Crippen molar-refractivity contribution in [3.05, 3.63) is 28.6 Å².